The second-order valence-electron chi connectivity index (χ2n) is 7.24. The fraction of sp³-hybridized carbons (Fsp3) is 0.348. The zero-order valence-electron chi connectivity index (χ0n) is 18.4. The molecule has 2 rings (SSSR count). The number of amides is 1. The van der Waals surface area contributed by atoms with Gasteiger partial charge in [0.2, 0.25) is 5.91 Å². The molecule has 0 bridgehead atoms. The number of benzene rings is 2. The van der Waals surface area contributed by atoms with E-state index in [-0.39, 0.29) is 5.91 Å². The summed E-state index contributed by atoms with van der Waals surface area (Å²) in [4.78, 5) is 34.8. The SMILES string of the molecule is CCN(c1ccc(NC(=O)CN(C)Cc2ccccc2)cc1)C(C)C.O=C(O)C(=O)O. The molecule has 2 aromatic carbocycles. The first-order valence-electron chi connectivity index (χ1n) is 9.99. The number of carbonyl (C=O) groups is 3. The van der Waals surface area contributed by atoms with Gasteiger partial charge in [0.15, 0.2) is 0 Å². The highest BCUT2D eigenvalue weighted by atomic mass is 16.4. The predicted molar refractivity (Wildman–Crippen MR) is 121 cm³/mol. The van der Waals surface area contributed by atoms with Crippen molar-refractivity contribution in [2.75, 3.05) is 30.4 Å². The van der Waals surface area contributed by atoms with Gasteiger partial charge in [0.1, 0.15) is 0 Å². The highest BCUT2D eigenvalue weighted by molar-refractivity contribution is 6.27. The minimum Gasteiger partial charge on any atom is -0.473 e. The van der Waals surface area contributed by atoms with Crippen LogP contribution in [-0.2, 0) is 20.9 Å². The van der Waals surface area contributed by atoms with Crippen LogP contribution in [0.2, 0.25) is 0 Å². The zero-order chi connectivity index (χ0) is 23.4. The van der Waals surface area contributed by atoms with E-state index in [1.807, 2.05) is 42.3 Å². The molecule has 3 N–H and O–H groups in total. The molecule has 0 fully saturated rings. The number of hydrogen-bond acceptors (Lipinski definition) is 5. The quantitative estimate of drug-likeness (QED) is 0.553. The highest BCUT2D eigenvalue weighted by Crippen LogP contribution is 2.19. The third-order valence-corrected chi connectivity index (χ3v) is 4.34. The lowest BCUT2D eigenvalue weighted by Crippen LogP contribution is -2.30. The van der Waals surface area contributed by atoms with E-state index in [1.165, 1.54) is 11.3 Å². The summed E-state index contributed by atoms with van der Waals surface area (Å²) >= 11 is 0. The minimum atomic E-state index is -1.82. The van der Waals surface area contributed by atoms with Crippen LogP contribution in [-0.4, -0.2) is 59.1 Å². The highest BCUT2D eigenvalue weighted by Gasteiger charge is 2.10. The monoisotopic (exact) mass is 429 g/mol. The van der Waals surface area contributed by atoms with Crippen LogP contribution in [0.3, 0.4) is 0 Å². The summed E-state index contributed by atoms with van der Waals surface area (Å²) < 4.78 is 0. The molecule has 0 aliphatic rings. The van der Waals surface area contributed by atoms with E-state index in [0.29, 0.717) is 12.6 Å². The number of nitrogens with one attached hydrogen (secondary N) is 1. The van der Waals surface area contributed by atoms with Gasteiger partial charge in [-0.05, 0) is 57.6 Å². The molecule has 8 nitrogen and oxygen atoms in total. The molecular weight excluding hydrogens is 398 g/mol. The largest absolute Gasteiger partial charge is 0.473 e. The molecule has 0 aliphatic heterocycles. The summed E-state index contributed by atoms with van der Waals surface area (Å²) in [7, 11) is 1.96. The van der Waals surface area contributed by atoms with Gasteiger partial charge in [-0.1, -0.05) is 30.3 Å². The van der Waals surface area contributed by atoms with Gasteiger partial charge in [-0.2, -0.15) is 0 Å². The maximum Gasteiger partial charge on any atom is 0.414 e. The Morgan fingerprint density at radius 3 is 1.94 bits per heavy atom. The maximum atomic E-state index is 12.2. The third-order valence-electron chi connectivity index (χ3n) is 4.34. The summed E-state index contributed by atoms with van der Waals surface area (Å²) in [5.74, 6) is -3.65. The Morgan fingerprint density at radius 2 is 1.48 bits per heavy atom. The van der Waals surface area contributed by atoms with Crippen LogP contribution < -0.4 is 10.2 Å². The molecule has 0 aromatic heterocycles. The molecule has 168 valence electrons. The van der Waals surface area contributed by atoms with Crippen molar-refractivity contribution in [1.29, 1.82) is 0 Å². The van der Waals surface area contributed by atoms with E-state index >= 15 is 0 Å². The van der Waals surface area contributed by atoms with E-state index in [1.54, 1.807) is 0 Å². The Labute approximate surface area is 183 Å². The van der Waals surface area contributed by atoms with Gasteiger partial charge >= 0.3 is 11.9 Å². The normalized spacial score (nSPS) is 10.3. The van der Waals surface area contributed by atoms with E-state index in [9.17, 15) is 4.79 Å². The van der Waals surface area contributed by atoms with Crippen molar-refractivity contribution in [3.05, 3.63) is 60.2 Å². The van der Waals surface area contributed by atoms with Gasteiger partial charge in [-0.3, -0.25) is 9.69 Å². The Balaban J connectivity index is 0.000000703. The van der Waals surface area contributed by atoms with Crippen molar-refractivity contribution in [2.45, 2.75) is 33.4 Å². The topological polar surface area (TPSA) is 110 Å². The molecule has 2 aromatic rings. The van der Waals surface area contributed by atoms with Crippen molar-refractivity contribution in [2.24, 2.45) is 0 Å². The van der Waals surface area contributed by atoms with Crippen LogP contribution in [0.1, 0.15) is 26.3 Å². The average Bonchev–Trinajstić information content (AvgIpc) is 2.70. The second-order valence-corrected chi connectivity index (χ2v) is 7.24. The van der Waals surface area contributed by atoms with E-state index in [0.717, 1.165) is 18.8 Å². The van der Waals surface area contributed by atoms with Crippen molar-refractivity contribution >= 4 is 29.2 Å². The second kappa shape index (κ2) is 13.0. The smallest absolute Gasteiger partial charge is 0.414 e. The predicted octanol–water partition coefficient (Wildman–Crippen LogP) is 3.15. The zero-order valence-corrected chi connectivity index (χ0v) is 18.4. The molecule has 0 spiro atoms. The standard InChI is InChI=1S/C21H29N3O.C2H2O4/c1-5-24(17(2)3)20-13-11-19(12-14-20)22-21(25)16-23(4)15-18-9-7-6-8-10-18;3-1(4)2(5)6/h6-14,17H,5,15-16H2,1-4H3,(H,22,25);(H,3,4)(H,5,6). The van der Waals surface area contributed by atoms with Crippen molar-refractivity contribution in [3.63, 3.8) is 0 Å². The Morgan fingerprint density at radius 1 is 0.935 bits per heavy atom. The summed E-state index contributed by atoms with van der Waals surface area (Å²) in [5.41, 5.74) is 3.22. The molecule has 0 saturated heterocycles. The fourth-order valence-corrected chi connectivity index (χ4v) is 2.98. The van der Waals surface area contributed by atoms with Gasteiger partial charge in [0.25, 0.3) is 0 Å². The summed E-state index contributed by atoms with van der Waals surface area (Å²) in [6.45, 7) is 8.60. The number of carboxylic acids is 2. The lowest BCUT2D eigenvalue weighted by molar-refractivity contribution is -0.159. The van der Waals surface area contributed by atoms with Crippen molar-refractivity contribution < 1.29 is 24.6 Å². The van der Waals surface area contributed by atoms with Crippen molar-refractivity contribution in [1.82, 2.24) is 4.90 Å². The van der Waals surface area contributed by atoms with Gasteiger partial charge in [0.05, 0.1) is 6.54 Å². The molecule has 8 heteroatoms. The first-order chi connectivity index (χ1) is 14.6. The average molecular weight is 430 g/mol. The van der Waals surface area contributed by atoms with Gasteiger partial charge in [-0.15, -0.1) is 0 Å². The Hall–Kier alpha value is -3.39. The number of carbonyl (C=O) groups excluding carboxylic acids is 1. The molecule has 0 saturated carbocycles. The number of likely N-dealkylation sites (N-methyl/N-ethyl adjacent to an activating group) is 1. The van der Waals surface area contributed by atoms with E-state index in [4.69, 9.17) is 19.8 Å². The number of carboxylic acid groups (broad SMARTS) is 2. The maximum absolute atomic E-state index is 12.2. The van der Waals surface area contributed by atoms with Gasteiger partial charge in [0, 0.05) is 30.5 Å². The molecule has 0 radical (unpaired) electrons. The number of nitrogens with zero attached hydrogens (tertiary/aromatic N) is 2. The van der Waals surface area contributed by atoms with Crippen LogP contribution in [0.25, 0.3) is 0 Å². The molecule has 0 heterocycles. The number of aliphatic carboxylic acids is 2. The Bertz CT molecular complexity index is 826. The Kier molecular flexibility index (Phi) is 10.8. The number of hydrogen-bond donors (Lipinski definition) is 3. The summed E-state index contributed by atoms with van der Waals surface area (Å²) in [6.07, 6.45) is 0. The first-order valence-corrected chi connectivity index (χ1v) is 9.99. The molecule has 0 aliphatic carbocycles. The lowest BCUT2D eigenvalue weighted by Gasteiger charge is -2.27. The van der Waals surface area contributed by atoms with Crippen LogP contribution in [0, 0.1) is 0 Å². The van der Waals surface area contributed by atoms with Gasteiger partial charge in [-0.25, -0.2) is 9.59 Å². The lowest BCUT2D eigenvalue weighted by atomic mass is 10.2. The summed E-state index contributed by atoms with van der Waals surface area (Å²) in [5, 5.41) is 17.8. The molecule has 0 unspecified atom stereocenters. The van der Waals surface area contributed by atoms with Crippen LogP contribution >= 0.6 is 0 Å². The minimum absolute atomic E-state index is 0.00221. The number of rotatable bonds is 8. The molecule has 1 amide bonds. The third kappa shape index (κ3) is 9.77. The van der Waals surface area contributed by atoms with Crippen LogP contribution in [0.15, 0.2) is 54.6 Å². The first kappa shape index (κ1) is 25.6. The summed E-state index contributed by atoms with van der Waals surface area (Å²) in [6, 6.07) is 18.7. The van der Waals surface area contributed by atoms with Crippen LogP contribution in [0.5, 0.6) is 0 Å². The molecular formula is C23H31N3O5. The van der Waals surface area contributed by atoms with Crippen LogP contribution in [0.4, 0.5) is 11.4 Å². The number of anilines is 2. The fourth-order valence-electron chi connectivity index (χ4n) is 2.98. The molecule has 0 atom stereocenters. The molecule has 31 heavy (non-hydrogen) atoms. The van der Waals surface area contributed by atoms with E-state index < -0.39 is 11.9 Å². The van der Waals surface area contributed by atoms with E-state index in [2.05, 4.69) is 55.3 Å². The van der Waals surface area contributed by atoms with Crippen molar-refractivity contribution in [3.8, 4) is 0 Å². The van der Waals surface area contributed by atoms with Gasteiger partial charge < -0.3 is 20.4 Å².